The molecular weight excluding hydrogens is 475 g/mol. The topological polar surface area (TPSA) is 93.2 Å². The largest absolute Gasteiger partial charge is 0.493 e. The zero-order valence-electron chi connectivity index (χ0n) is 16.2. The Balaban J connectivity index is 1.78. The van der Waals surface area contributed by atoms with Crippen LogP contribution in [0.5, 0.6) is 11.5 Å². The lowest BCUT2D eigenvalue weighted by Crippen LogP contribution is -2.50. The standard InChI is InChI=1S/C18H20Cl2N2O6S2/c1-27-17-6-4-14(12-18(17)28-2)30(25,26)22-9-7-21(8-10-22)29(23,24)13-3-5-15(19)16(20)11-13/h3-6,11-12H,7-10H2,1-2H3. The average molecular weight is 495 g/mol. The van der Waals surface area contributed by atoms with E-state index in [9.17, 15) is 16.8 Å². The highest BCUT2D eigenvalue weighted by Gasteiger charge is 2.34. The monoisotopic (exact) mass is 494 g/mol. The summed E-state index contributed by atoms with van der Waals surface area (Å²) in [7, 11) is -4.77. The van der Waals surface area contributed by atoms with Crippen LogP contribution in [0.4, 0.5) is 0 Å². The molecule has 1 fully saturated rings. The second-order valence-corrected chi connectivity index (χ2v) is 11.1. The van der Waals surface area contributed by atoms with Gasteiger partial charge in [0.1, 0.15) is 0 Å². The van der Waals surface area contributed by atoms with Gasteiger partial charge in [-0.15, -0.1) is 0 Å². The van der Waals surface area contributed by atoms with Gasteiger partial charge in [0.25, 0.3) is 0 Å². The molecule has 0 aromatic heterocycles. The summed E-state index contributed by atoms with van der Waals surface area (Å²) in [6.45, 7) is 0.0403. The van der Waals surface area contributed by atoms with Gasteiger partial charge in [0, 0.05) is 32.2 Å². The van der Waals surface area contributed by atoms with Crippen LogP contribution >= 0.6 is 23.2 Å². The fourth-order valence-electron chi connectivity index (χ4n) is 3.06. The van der Waals surface area contributed by atoms with E-state index in [0.717, 1.165) is 0 Å². The van der Waals surface area contributed by atoms with Crippen molar-refractivity contribution in [2.75, 3.05) is 40.4 Å². The molecule has 3 rings (SSSR count). The van der Waals surface area contributed by atoms with Gasteiger partial charge in [-0.05, 0) is 30.3 Å². The summed E-state index contributed by atoms with van der Waals surface area (Å²) < 4.78 is 64.5. The van der Waals surface area contributed by atoms with Gasteiger partial charge in [-0.3, -0.25) is 0 Å². The van der Waals surface area contributed by atoms with Gasteiger partial charge in [0.15, 0.2) is 11.5 Å². The van der Waals surface area contributed by atoms with Crippen LogP contribution in [0, 0.1) is 0 Å². The number of halogens is 2. The van der Waals surface area contributed by atoms with Crippen LogP contribution in [0.3, 0.4) is 0 Å². The van der Waals surface area contributed by atoms with E-state index in [-0.39, 0.29) is 46.0 Å². The molecule has 0 saturated carbocycles. The van der Waals surface area contributed by atoms with E-state index in [1.807, 2.05) is 0 Å². The van der Waals surface area contributed by atoms with E-state index in [0.29, 0.717) is 11.5 Å². The van der Waals surface area contributed by atoms with Crippen molar-refractivity contribution in [3.05, 3.63) is 46.4 Å². The van der Waals surface area contributed by atoms with Crippen molar-refractivity contribution < 1.29 is 26.3 Å². The Hall–Kier alpha value is -1.56. The van der Waals surface area contributed by atoms with Crippen molar-refractivity contribution in [3.8, 4) is 11.5 Å². The van der Waals surface area contributed by atoms with E-state index in [1.54, 1.807) is 0 Å². The molecule has 1 aliphatic rings. The van der Waals surface area contributed by atoms with Gasteiger partial charge in [0.2, 0.25) is 20.0 Å². The summed E-state index contributed by atoms with van der Waals surface area (Å²) in [5.41, 5.74) is 0. The molecule has 0 spiro atoms. The molecule has 0 bridgehead atoms. The van der Waals surface area contributed by atoms with Gasteiger partial charge < -0.3 is 9.47 Å². The third-order valence-corrected chi connectivity index (χ3v) is 9.25. The van der Waals surface area contributed by atoms with Gasteiger partial charge in [-0.2, -0.15) is 8.61 Å². The Morgan fingerprint density at radius 2 is 1.17 bits per heavy atom. The SMILES string of the molecule is COc1ccc(S(=O)(=O)N2CCN(S(=O)(=O)c3ccc(Cl)c(Cl)c3)CC2)cc1OC. The minimum Gasteiger partial charge on any atom is -0.493 e. The number of ether oxygens (including phenoxy) is 2. The van der Waals surface area contributed by atoms with E-state index >= 15 is 0 Å². The molecule has 164 valence electrons. The van der Waals surface area contributed by atoms with Crippen LogP contribution in [0.25, 0.3) is 0 Å². The molecule has 2 aromatic carbocycles. The quantitative estimate of drug-likeness (QED) is 0.612. The van der Waals surface area contributed by atoms with Crippen LogP contribution < -0.4 is 9.47 Å². The number of hydrogen-bond donors (Lipinski definition) is 0. The van der Waals surface area contributed by atoms with E-state index in [1.165, 1.54) is 59.2 Å². The lowest BCUT2D eigenvalue weighted by atomic mass is 10.3. The van der Waals surface area contributed by atoms with Crippen molar-refractivity contribution in [3.63, 3.8) is 0 Å². The summed E-state index contributed by atoms with van der Waals surface area (Å²) >= 11 is 11.8. The molecule has 1 aliphatic heterocycles. The molecule has 12 heteroatoms. The van der Waals surface area contributed by atoms with Crippen LogP contribution in [0.1, 0.15) is 0 Å². The Morgan fingerprint density at radius 1 is 0.700 bits per heavy atom. The second-order valence-electron chi connectivity index (χ2n) is 6.40. The number of nitrogens with zero attached hydrogens (tertiary/aromatic N) is 2. The molecule has 0 aliphatic carbocycles. The summed E-state index contributed by atoms with van der Waals surface area (Å²) in [5, 5.41) is 0.383. The predicted molar refractivity (Wildman–Crippen MR) is 114 cm³/mol. The highest BCUT2D eigenvalue weighted by atomic mass is 35.5. The maximum atomic E-state index is 13.0. The van der Waals surface area contributed by atoms with Crippen LogP contribution in [-0.4, -0.2) is 65.8 Å². The van der Waals surface area contributed by atoms with Crippen molar-refractivity contribution >= 4 is 43.2 Å². The van der Waals surface area contributed by atoms with Crippen molar-refractivity contribution in [1.29, 1.82) is 0 Å². The molecule has 0 atom stereocenters. The molecule has 8 nitrogen and oxygen atoms in total. The van der Waals surface area contributed by atoms with Crippen molar-refractivity contribution in [1.82, 2.24) is 8.61 Å². The number of piperazine rings is 1. The predicted octanol–water partition coefficient (Wildman–Crippen LogP) is 2.71. The molecule has 0 amide bonds. The van der Waals surface area contributed by atoms with Crippen LogP contribution in [0.15, 0.2) is 46.2 Å². The lowest BCUT2D eigenvalue weighted by Gasteiger charge is -2.33. The lowest BCUT2D eigenvalue weighted by molar-refractivity contribution is 0.272. The van der Waals surface area contributed by atoms with Crippen LogP contribution in [0.2, 0.25) is 10.0 Å². The number of hydrogen-bond acceptors (Lipinski definition) is 6. The Bertz CT molecular complexity index is 1150. The highest BCUT2D eigenvalue weighted by molar-refractivity contribution is 7.89. The molecule has 2 aromatic rings. The first kappa shape index (κ1) is 23.1. The maximum Gasteiger partial charge on any atom is 0.243 e. The smallest absolute Gasteiger partial charge is 0.243 e. The average Bonchev–Trinajstić information content (AvgIpc) is 2.75. The Kier molecular flexibility index (Phi) is 6.85. The van der Waals surface area contributed by atoms with Crippen LogP contribution in [-0.2, 0) is 20.0 Å². The molecule has 0 unspecified atom stereocenters. The van der Waals surface area contributed by atoms with Crippen molar-refractivity contribution in [2.24, 2.45) is 0 Å². The summed E-state index contributed by atoms with van der Waals surface area (Å²) in [6, 6.07) is 8.38. The first-order valence-electron chi connectivity index (χ1n) is 8.78. The van der Waals surface area contributed by atoms with E-state index in [4.69, 9.17) is 32.7 Å². The maximum absolute atomic E-state index is 13.0. The summed E-state index contributed by atoms with van der Waals surface area (Å²) in [5.74, 6) is 0.702. The molecule has 1 saturated heterocycles. The van der Waals surface area contributed by atoms with Gasteiger partial charge in [0.05, 0.1) is 34.1 Å². The first-order valence-corrected chi connectivity index (χ1v) is 12.4. The number of rotatable bonds is 6. The number of benzene rings is 2. The number of sulfonamides is 2. The summed E-state index contributed by atoms with van der Waals surface area (Å²) in [4.78, 5) is 0.0500. The third-order valence-electron chi connectivity index (χ3n) is 4.72. The zero-order chi connectivity index (χ0) is 22.1. The fraction of sp³-hybridized carbons (Fsp3) is 0.333. The van der Waals surface area contributed by atoms with Crippen molar-refractivity contribution in [2.45, 2.75) is 9.79 Å². The number of methoxy groups -OCH3 is 2. The zero-order valence-corrected chi connectivity index (χ0v) is 19.4. The Morgan fingerprint density at radius 3 is 1.63 bits per heavy atom. The normalized spacial score (nSPS) is 16.4. The third kappa shape index (κ3) is 4.39. The first-order chi connectivity index (χ1) is 14.1. The van der Waals surface area contributed by atoms with Gasteiger partial charge >= 0.3 is 0 Å². The van der Waals surface area contributed by atoms with Gasteiger partial charge in [-0.1, -0.05) is 23.2 Å². The molecule has 0 N–H and O–H groups in total. The second kappa shape index (κ2) is 8.89. The molecular formula is C18H20Cl2N2O6S2. The van der Waals surface area contributed by atoms with Gasteiger partial charge in [-0.25, -0.2) is 16.8 Å². The summed E-state index contributed by atoms with van der Waals surface area (Å²) in [6.07, 6.45) is 0. The fourth-order valence-corrected chi connectivity index (χ4v) is 6.31. The van der Waals surface area contributed by atoms with E-state index < -0.39 is 20.0 Å². The minimum absolute atomic E-state index is 0.00750. The molecule has 1 heterocycles. The minimum atomic E-state index is -3.83. The molecule has 30 heavy (non-hydrogen) atoms. The molecule has 0 radical (unpaired) electrons. The highest BCUT2D eigenvalue weighted by Crippen LogP contribution is 2.31. The van der Waals surface area contributed by atoms with E-state index in [2.05, 4.69) is 0 Å². The Labute approximate surface area is 186 Å².